The van der Waals surface area contributed by atoms with Gasteiger partial charge in [0, 0.05) is 29.4 Å². The Balaban J connectivity index is 2.14. The average molecular weight is 471 g/mol. The molecule has 1 heterocycles. The van der Waals surface area contributed by atoms with Crippen LogP contribution in [0.2, 0.25) is 0 Å². The minimum atomic E-state index is -1.02. The number of hydrogen-bond acceptors (Lipinski definition) is 4. The van der Waals surface area contributed by atoms with Crippen molar-refractivity contribution in [3.8, 4) is 0 Å². The van der Waals surface area contributed by atoms with Crippen LogP contribution in [0.1, 0.15) is 71.3 Å². The molecule has 0 aliphatic carbocycles. The number of unbranched alkanes of at least 4 members (excludes halogenated alkanes) is 4. The number of H-pyrrole nitrogens is 1. The normalized spacial score (nSPS) is 13.7. The Morgan fingerprint density at radius 3 is 2.32 bits per heavy atom. The number of ketones is 1. The standard InChI is InChI=1S/C26H38N4O4/c1-4-5-6-7-8-11-17(2)25(33)30-23(26(34)29-22(18(3)31)15-24(27)32)14-19-16-28-21-13-10-9-12-20(19)21/h9-10,12-13,16-17,22-23,28H,4-8,11,14-15H2,1-3H3,(H2,27,32)(H,29,34)(H,30,33). The molecule has 3 atom stereocenters. The molecule has 1 aromatic heterocycles. The van der Waals surface area contributed by atoms with Crippen LogP contribution in [0.15, 0.2) is 30.5 Å². The van der Waals surface area contributed by atoms with Crippen LogP contribution in [0.25, 0.3) is 10.9 Å². The highest BCUT2D eigenvalue weighted by Gasteiger charge is 2.28. The molecule has 0 fully saturated rings. The Labute approximate surface area is 201 Å². The molecular formula is C26H38N4O4. The molecular weight excluding hydrogens is 432 g/mol. The summed E-state index contributed by atoms with van der Waals surface area (Å²) in [6, 6.07) is 5.78. The monoisotopic (exact) mass is 470 g/mol. The molecule has 186 valence electrons. The second kappa shape index (κ2) is 13.5. The van der Waals surface area contributed by atoms with Crippen molar-refractivity contribution in [1.29, 1.82) is 0 Å². The van der Waals surface area contributed by atoms with Gasteiger partial charge in [0.25, 0.3) is 0 Å². The molecule has 2 aromatic rings. The first-order chi connectivity index (χ1) is 16.2. The van der Waals surface area contributed by atoms with E-state index >= 15 is 0 Å². The number of carbonyl (C=O) groups is 4. The summed E-state index contributed by atoms with van der Waals surface area (Å²) in [5.41, 5.74) is 7.04. The summed E-state index contributed by atoms with van der Waals surface area (Å²) in [6.07, 6.45) is 8.07. The maximum Gasteiger partial charge on any atom is 0.243 e. The zero-order chi connectivity index (χ0) is 25.1. The summed E-state index contributed by atoms with van der Waals surface area (Å²) in [5.74, 6) is -2.02. The van der Waals surface area contributed by atoms with Crippen molar-refractivity contribution in [2.45, 2.75) is 84.2 Å². The van der Waals surface area contributed by atoms with E-state index in [0.29, 0.717) is 0 Å². The van der Waals surface area contributed by atoms with E-state index in [-0.39, 0.29) is 30.4 Å². The van der Waals surface area contributed by atoms with Crippen LogP contribution in [0.4, 0.5) is 0 Å². The number of nitrogens with one attached hydrogen (secondary N) is 3. The number of fused-ring (bicyclic) bond motifs is 1. The van der Waals surface area contributed by atoms with Crippen LogP contribution < -0.4 is 16.4 Å². The first-order valence-electron chi connectivity index (χ1n) is 12.2. The van der Waals surface area contributed by atoms with E-state index in [1.54, 1.807) is 0 Å². The zero-order valence-electron chi connectivity index (χ0n) is 20.5. The fourth-order valence-corrected chi connectivity index (χ4v) is 4.00. The SMILES string of the molecule is CCCCCCCC(C)C(=O)NC(Cc1c[nH]c2ccccc12)C(=O)NC(CC(N)=O)C(C)=O. The van der Waals surface area contributed by atoms with E-state index < -0.39 is 23.9 Å². The molecule has 0 radical (unpaired) electrons. The maximum atomic E-state index is 13.2. The Kier molecular flexibility index (Phi) is 10.8. The van der Waals surface area contributed by atoms with Crippen molar-refractivity contribution in [3.05, 3.63) is 36.0 Å². The largest absolute Gasteiger partial charge is 0.370 e. The lowest BCUT2D eigenvalue weighted by atomic mass is 9.99. The van der Waals surface area contributed by atoms with E-state index in [2.05, 4.69) is 22.5 Å². The molecule has 8 nitrogen and oxygen atoms in total. The fraction of sp³-hybridized carbons (Fsp3) is 0.538. The van der Waals surface area contributed by atoms with E-state index in [1.807, 2.05) is 37.4 Å². The van der Waals surface area contributed by atoms with Crippen molar-refractivity contribution in [1.82, 2.24) is 15.6 Å². The number of Topliss-reactive ketones (excluding diaryl/α,β-unsaturated/α-hetero) is 1. The molecule has 0 aliphatic rings. The second-order valence-electron chi connectivity index (χ2n) is 9.07. The van der Waals surface area contributed by atoms with Crippen LogP contribution in [-0.4, -0.2) is 40.6 Å². The molecule has 5 N–H and O–H groups in total. The molecule has 0 saturated heterocycles. The van der Waals surface area contributed by atoms with Gasteiger partial charge in [-0.15, -0.1) is 0 Å². The summed E-state index contributed by atoms with van der Waals surface area (Å²) in [4.78, 5) is 52.5. The molecule has 2 rings (SSSR count). The summed E-state index contributed by atoms with van der Waals surface area (Å²) < 4.78 is 0. The average Bonchev–Trinajstić information content (AvgIpc) is 3.20. The van der Waals surface area contributed by atoms with Gasteiger partial charge >= 0.3 is 0 Å². The Morgan fingerprint density at radius 2 is 1.65 bits per heavy atom. The van der Waals surface area contributed by atoms with Gasteiger partial charge < -0.3 is 21.4 Å². The van der Waals surface area contributed by atoms with Gasteiger partial charge in [0.2, 0.25) is 17.7 Å². The van der Waals surface area contributed by atoms with Crippen LogP contribution in [0.5, 0.6) is 0 Å². The number of aromatic nitrogens is 1. The summed E-state index contributed by atoms with van der Waals surface area (Å²) in [5, 5.41) is 6.44. The Bertz CT molecular complexity index is 984. The molecule has 0 aliphatic heterocycles. The van der Waals surface area contributed by atoms with Gasteiger partial charge in [-0.2, -0.15) is 0 Å². The van der Waals surface area contributed by atoms with E-state index in [0.717, 1.165) is 48.6 Å². The smallest absolute Gasteiger partial charge is 0.243 e. The van der Waals surface area contributed by atoms with Gasteiger partial charge in [0.05, 0.1) is 12.5 Å². The molecule has 3 unspecified atom stereocenters. The highest BCUT2D eigenvalue weighted by atomic mass is 16.2. The number of amides is 3. The molecule has 0 spiro atoms. The molecule has 34 heavy (non-hydrogen) atoms. The molecule has 0 saturated carbocycles. The van der Waals surface area contributed by atoms with Crippen molar-refractivity contribution < 1.29 is 19.2 Å². The number of nitrogens with two attached hydrogens (primary N) is 1. The van der Waals surface area contributed by atoms with Crippen LogP contribution in [0, 0.1) is 5.92 Å². The lowest BCUT2D eigenvalue weighted by Gasteiger charge is -2.23. The minimum Gasteiger partial charge on any atom is -0.370 e. The first kappa shape index (κ1) is 27.1. The molecule has 1 aromatic carbocycles. The van der Waals surface area contributed by atoms with E-state index in [4.69, 9.17) is 5.73 Å². The van der Waals surface area contributed by atoms with Crippen LogP contribution in [0.3, 0.4) is 0 Å². The van der Waals surface area contributed by atoms with Crippen LogP contribution in [-0.2, 0) is 25.6 Å². The fourth-order valence-electron chi connectivity index (χ4n) is 4.00. The zero-order valence-corrected chi connectivity index (χ0v) is 20.5. The quantitative estimate of drug-likeness (QED) is 0.297. The molecule has 8 heteroatoms. The second-order valence-corrected chi connectivity index (χ2v) is 9.07. The highest BCUT2D eigenvalue weighted by molar-refractivity contribution is 5.95. The topological polar surface area (TPSA) is 134 Å². The Hall–Kier alpha value is -3.16. The number of primary amides is 1. The first-order valence-corrected chi connectivity index (χ1v) is 12.2. The van der Waals surface area contributed by atoms with Gasteiger partial charge in [-0.05, 0) is 25.0 Å². The molecule has 3 amide bonds. The third-order valence-corrected chi connectivity index (χ3v) is 6.13. The summed E-state index contributed by atoms with van der Waals surface area (Å²) >= 11 is 0. The van der Waals surface area contributed by atoms with Crippen molar-refractivity contribution in [2.24, 2.45) is 11.7 Å². The van der Waals surface area contributed by atoms with Gasteiger partial charge in [0.1, 0.15) is 6.04 Å². The van der Waals surface area contributed by atoms with Crippen molar-refractivity contribution >= 4 is 34.4 Å². The summed E-state index contributed by atoms with van der Waals surface area (Å²) in [7, 11) is 0. The van der Waals surface area contributed by atoms with Crippen LogP contribution >= 0.6 is 0 Å². The number of rotatable bonds is 15. The van der Waals surface area contributed by atoms with Crippen molar-refractivity contribution in [3.63, 3.8) is 0 Å². The van der Waals surface area contributed by atoms with Gasteiger partial charge in [-0.25, -0.2) is 0 Å². The number of para-hydroxylation sites is 1. The number of benzene rings is 1. The maximum absolute atomic E-state index is 13.2. The predicted octanol–water partition coefficient (Wildman–Crippen LogP) is 3.14. The minimum absolute atomic E-state index is 0.204. The van der Waals surface area contributed by atoms with Gasteiger partial charge in [-0.1, -0.05) is 64.2 Å². The molecule has 0 bridgehead atoms. The number of carbonyl (C=O) groups excluding carboxylic acids is 4. The lowest BCUT2D eigenvalue weighted by Crippen LogP contribution is -2.53. The van der Waals surface area contributed by atoms with Crippen molar-refractivity contribution in [2.75, 3.05) is 0 Å². The van der Waals surface area contributed by atoms with Gasteiger partial charge in [0.15, 0.2) is 5.78 Å². The highest BCUT2D eigenvalue weighted by Crippen LogP contribution is 2.20. The Morgan fingerprint density at radius 1 is 0.971 bits per heavy atom. The third-order valence-electron chi connectivity index (χ3n) is 6.13. The summed E-state index contributed by atoms with van der Waals surface area (Å²) in [6.45, 7) is 5.32. The lowest BCUT2D eigenvalue weighted by molar-refractivity contribution is -0.133. The third kappa shape index (κ3) is 8.32. The number of aromatic amines is 1. The van der Waals surface area contributed by atoms with E-state index in [1.165, 1.54) is 13.3 Å². The van der Waals surface area contributed by atoms with Gasteiger partial charge in [-0.3, -0.25) is 19.2 Å². The number of hydrogen-bond donors (Lipinski definition) is 4. The van der Waals surface area contributed by atoms with E-state index in [9.17, 15) is 19.2 Å². The predicted molar refractivity (Wildman–Crippen MR) is 133 cm³/mol.